The van der Waals surface area contributed by atoms with Crippen molar-refractivity contribution in [2.75, 3.05) is 12.5 Å². The summed E-state index contributed by atoms with van der Waals surface area (Å²) in [7, 11) is 1.29. The van der Waals surface area contributed by atoms with Crippen LogP contribution in [0, 0.1) is 0 Å². The average molecular weight is 307 g/mol. The Morgan fingerprint density at radius 3 is 2.67 bits per heavy atom. The standard InChI is InChI=1S/C16H19ClN2O2/c1-4-6-7-8-12(5-2)13-9-10-14(17)15(11-13)18-19-16(20)21-3/h4-11,18H,1-3H3,(H,19,20)/b6-4-,8-7-,12-5+. The first-order valence-corrected chi connectivity index (χ1v) is 6.85. The molecule has 0 fully saturated rings. The van der Waals surface area contributed by atoms with E-state index in [1.807, 2.05) is 56.4 Å². The zero-order valence-electron chi connectivity index (χ0n) is 12.3. The van der Waals surface area contributed by atoms with Crippen LogP contribution in [0.1, 0.15) is 19.4 Å². The Morgan fingerprint density at radius 1 is 1.29 bits per heavy atom. The average Bonchev–Trinajstić information content (AvgIpc) is 2.50. The highest BCUT2D eigenvalue weighted by Crippen LogP contribution is 2.26. The Balaban J connectivity index is 2.96. The van der Waals surface area contributed by atoms with Crippen molar-refractivity contribution in [3.63, 3.8) is 0 Å². The highest BCUT2D eigenvalue weighted by molar-refractivity contribution is 6.33. The molecule has 5 heteroatoms. The third kappa shape index (κ3) is 5.36. The highest BCUT2D eigenvalue weighted by Gasteiger charge is 2.05. The minimum Gasteiger partial charge on any atom is -0.452 e. The topological polar surface area (TPSA) is 50.4 Å². The summed E-state index contributed by atoms with van der Waals surface area (Å²) in [6, 6.07) is 5.54. The molecule has 2 N–H and O–H groups in total. The molecule has 0 aliphatic rings. The van der Waals surface area contributed by atoms with Gasteiger partial charge in [-0.1, -0.05) is 48.0 Å². The second-order valence-corrected chi connectivity index (χ2v) is 4.47. The van der Waals surface area contributed by atoms with Crippen molar-refractivity contribution in [2.45, 2.75) is 13.8 Å². The van der Waals surface area contributed by atoms with Gasteiger partial charge in [0.25, 0.3) is 0 Å². The van der Waals surface area contributed by atoms with E-state index in [0.717, 1.165) is 11.1 Å². The Bertz CT molecular complexity index is 578. The normalized spacial score (nSPS) is 11.9. The first-order valence-electron chi connectivity index (χ1n) is 6.48. The lowest BCUT2D eigenvalue weighted by Gasteiger charge is -2.11. The number of hydrogen-bond donors (Lipinski definition) is 2. The zero-order chi connectivity index (χ0) is 15.7. The van der Waals surface area contributed by atoms with Gasteiger partial charge in [0.15, 0.2) is 0 Å². The van der Waals surface area contributed by atoms with Gasteiger partial charge in [0.1, 0.15) is 0 Å². The molecule has 0 saturated carbocycles. The van der Waals surface area contributed by atoms with E-state index < -0.39 is 6.09 Å². The monoisotopic (exact) mass is 306 g/mol. The molecule has 0 spiro atoms. The van der Waals surface area contributed by atoms with E-state index in [4.69, 9.17) is 11.6 Å². The summed E-state index contributed by atoms with van der Waals surface area (Å²) in [5, 5.41) is 0.503. The molecule has 0 atom stereocenters. The molecule has 0 saturated heterocycles. The lowest BCUT2D eigenvalue weighted by molar-refractivity contribution is 0.173. The number of allylic oxidation sites excluding steroid dienone is 6. The van der Waals surface area contributed by atoms with Crippen LogP contribution in [0.4, 0.5) is 10.5 Å². The molecular formula is C16H19ClN2O2. The fourth-order valence-corrected chi connectivity index (χ4v) is 1.76. The smallest absolute Gasteiger partial charge is 0.425 e. The van der Waals surface area contributed by atoms with Crippen LogP contribution in [-0.4, -0.2) is 13.2 Å². The molecular weight excluding hydrogens is 288 g/mol. The first kappa shape index (κ1) is 16.9. The van der Waals surface area contributed by atoms with Crippen LogP contribution in [-0.2, 0) is 4.74 Å². The minimum absolute atomic E-state index is 0.503. The maximum atomic E-state index is 11.1. The molecule has 0 aromatic heterocycles. The van der Waals surface area contributed by atoms with Gasteiger partial charge in [0, 0.05) is 0 Å². The van der Waals surface area contributed by atoms with Crippen molar-refractivity contribution in [2.24, 2.45) is 0 Å². The molecule has 1 amide bonds. The molecule has 0 aliphatic carbocycles. The summed E-state index contributed by atoms with van der Waals surface area (Å²) in [6.07, 6.45) is 9.29. The first-order chi connectivity index (χ1) is 10.1. The summed E-state index contributed by atoms with van der Waals surface area (Å²) < 4.78 is 4.49. The molecule has 4 nitrogen and oxygen atoms in total. The Kier molecular flexibility index (Phi) is 7.12. The molecule has 21 heavy (non-hydrogen) atoms. The van der Waals surface area contributed by atoms with Gasteiger partial charge in [-0.15, -0.1) is 0 Å². The number of carbonyl (C=O) groups excluding carboxylic acids is 1. The van der Waals surface area contributed by atoms with Crippen molar-refractivity contribution < 1.29 is 9.53 Å². The lowest BCUT2D eigenvalue weighted by atomic mass is 10.0. The molecule has 0 aliphatic heterocycles. The van der Waals surface area contributed by atoms with Crippen LogP contribution in [0.3, 0.4) is 0 Å². The fraction of sp³-hybridized carbons (Fsp3) is 0.188. The number of halogens is 1. The molecule has 0 radical (unpaired) electrons. The largest absolute Gasteiger partial charge is 0.452 e. The van der Waals surface area contributed by atoms with Gasteiger partial charge < -0.3 is 4.74 Å². The van der Waals surface area contributed by atoms with Crippen LogP contribution in [0.5, 0.6) is 0 Å². The molecule has 1 aromatic rings. The number of carbonyl (C=O) groups is 1. The number of hydrogen-bond acceptors (Lipinski definition) is 3. The SMILES string of the molecule is C\C=C/C=C\C(=C/C)c1ccc(Cl)c(NNC(=O)OC)c1. The molecule has 112 valence electrons. The highest BCUT2D eigenvalue weighted by atomic mass is 35.5. The van der Waals surface area contributed by atoms with Crippen molar-refractivity contribution >= 4 is 29.0 Å². The van der Waals surface area contributed by atoms with Crippen LogP contribution in [0.15, 0.2) is 48.6 Å². The van der Waals surface area contributed by atoms with Gasteiger partial charge in [0.2, 0.25) is 0 Å². The predicted octanol–water partition coefficient (Wildman–Crippen LogP) is 4.56. The van der Waals surface area contributed by atoms with E-state index >= 15 is 0 Å². The van der Waals surface area contributed by atoms with E-state index in [-0.39, 0.29) is 0 Å². The van der Waals surface area contributed by atoms with Crippen molar-refractivity contribution in [3.05, 3.63) is 59.2 Å². The minimum atomic E-state index is -0.587. The number of methoxy groups -OCH3 is 1. The maximum absolute atomic E-state index is 11.1. The van der Waals surface area contributed by atoms with E-state index in [1.54, 1.807) is 6.07 Å². The van der Waals surface area contributed by atoms with Gasteiger partial charge >= 0.3 is 6.09 Å². The van der Waals surface area contributed by atoms with Gasteiger partial charge in [0.05, 0.1) is 17.8 Å². The summed E-state index contributed by atoms with van der Waals surface area (Å²) in [4.78, 5) is 11.1. The second kappa shape index (κ2) is 8.87. The van der Waals surface area contributed by atoms with Crippen LogP contribution >= 0.6 is 11.6 Å². The van der Waals surface area contributed by atoms with Gasteiger partial charge in [-0.05, 0) is 37.1 Å². The number of hydrazine groups is 1. The Hall–Kier alpha value is -2.20. The summed E-state index contributed by atoms with van der Waals surface area (Å²) >= 11 is 6.09. The fourth-order valence-electron chi connectivity index (χ4n) is 1.60. The van der Waals surface area contributed by atoms with Crippen LogP contribution in [0.25, 0.3) is 5.57 Å². The number of anilines is 1. The van der Waals surface area contributed by atoms with Gasteiger partial charge in [-0.2, -0.15) is 0 Å². The van der Waals surface area contributed by atoms with Crippen LogP contribution < -0.4 is 10.9 Å². The van der Waals surface area contributed by atoms with Crippen LogP contribution in [0.2, 0.25) is 5.02 Å². The second-order valence-electron chi connectivity index (χ2n) is 4.07. The number of ether oxygens (including phenoxy) is 1. The van der Waals surface area contributed by atoms with E-state index in [0.29, 0.717) is 10.7 Å². The van der Waals surface area contributed by atoms with Gasteiger partial charge in [-0.25, -0.2) is 10.2 Å². The number of rotatable bonds is 5. The zero-order valence-corrected chi connectivity index (χ0v) is 13.1. The quantitative estimate of drug-likeness (QED) is 0.619. The lowest BCUT2D eigenvalue weighted by Crippen LogP contribution is -2.29. The van der Waals surface area contributed by atoms with E-state index in [9.17, 15) is 4.79 Å². The molecule has 1 aromatic carbocycles. The molecule has 0 heterocycles. The molecule has 0 bridgehead atoms. The van der Waals surface area contributed by atoms with E-state index in [2.05, 4.69) is 15.6 Å². The number of nitrogens with one attached hydrogen (secondary N) is 2. The van der Waals surface area contributed by atoms with Gasteiger partial charge in [-0.3, -0.25) is 5.43 Å². The molecule has 1 rings (SSSR count). The predicted molar refractivity (Wildman–Crippen MR) is 88.2 cm³/mol. The van der Waals surface area contributed by atoms with Crippen molar-refractivity contribution in [3.8, 4) is 0 Å². The van der Waals surface area contributed by atoms with Crippen molar-refractivity contribution in [1.82, 2.24) is 5.43 Å². The molecule has 0 unspecified atom stereocenters. The number of amides is 1. The maximum Gasteiger partial charge on any atom is 0.425 e. The third-order valence-corrected chi connectivity index (χ3v) is 3.00. The summed E-state index contributed by atoms with van der Waals surface area (Å²) in [5.74, 6) is 0. The Morgan fingerprint density at radius 2 is 2.05 bits per heavy atom. The third-order valence-electron chi connectivity index (χ3n) is 2.67. The van der Waals surface area contributed by atoms with E-state index in [1.165, 1.54) is 7.11 Å². The Labute approximate surface area is 130 Å². The number of benzene rings is 1. The summed E-state index contributed by atoms with van der Waals surface area (Å²) in [5.41, 5.74) is 7.74. The van der Waals surface area contributed by atoms with Crippen molar-refractivity contribution in [1.29, 1.82) is 0 Å². The summed E-state index contributed by atoms with van der Waals surface area (Å²) in [6.45, 7) is 3.92.